The Bertz CT molecular complexity index is 1160. The standard InChI is InChI=1S/C25H26N4OS/c1-3-18(2)27-24(30)21-11-9-19(10-12-21)16-29-23-15-26-14-13-22(23)28-25(29)31-17-20-7-5-4-6-8-20/h4-15,18H,3,16-17H2,1-2H3,(H,27,30). The van der Waals surface area contributed by atoms with Crippen LogP contribution in [0.5, 0.6) is 0 Å². The second kappa shape index (κ2) is 9.79. The van der Waals surface area contributed by atoms with Gasteiger partial charge in [0.2, 0.25) is 0 Å². The molecule has 1 unspecified atom stereocenters. The van der Waals surface area contributed by atoms with Gasteiger partial charge in [0.1, 0.15) is 0 Å². The van der Waals surface area contributed by atoms with Crippen molar-refractivity contribution in [2.75, 3.05) is 0 Å². The first-order valence-electron chi connectivity index (χ1n) is 10.5. The lowest BCUT2D eigenvalue weighted by Crippen LogP contribution is -2.31. The average Bonchev–Trinajstić information content (AvgIpc) is 3.16. The molecule has 0 radical (unpaired) electrons. The Balaban J connectivity index is 1.55. The summed E-state index contributed by atoms with van der Waals surface area (Å²) in [6, 6.07) is 20.3. The summed E-state index contributed by atoms with van der Waals surface area (Å²) in [5.74, 6) is 0.823. The molecule has 0 saturated carbocycles. The van der Waals surface area contributed by atoms with Crippen LogP contribution in [0, 0.1) is 0 Å². The molecule has 2 aromatic heterocycles. The fourth-order valence-corrected chi connectivity index (χ4v) is 4.26. The predicted octanol–water partition coefficient (Wildman–Crippen LogP) is 5.30. The van der Waals surface area contributed by atoms with Crippen LogP contribution in [-0.4, -0.2) is 26.5 Å². The zero-order valence-corrected chi connectivity index (χ0v) is 18.6. The second-order valence-electron chi connectivity index (χ2n) is 7.60. The molecule has 2 aromatic carbocycles. The Morgan fingerprint density at radius 3 is 2.58 bits per heavy atom. The summed E-state index contributed by atoms with van der Waals surface area (Å²) in [6.45, 7) is 4.75. The van der Waals surface area contributed by atoms with Crippen LogP contribution in [0.15, 0.2) is 78.2 Å². The Kier molecular flexibility index (Phi) is 6.67. The van der Waals surface area contributed by atoms with E-state index in [1.807, 2.05) is 49.5 Å². The molecule has 4 aromatic rings. The van der Waals surface area contributed by atoms with Gasteiger partial charge < -0.3 is 9.88 Å². The van der Waals surface area contributed by atoms with Crippen LogP contribution in [-0.2, 0) is 12.3 Å². The fourth-order valence-electron chi connectivity index (χ4n) is 3.29. The quantitative estimate of drug-likeness (QED) is 0.385. The molecule has 5 nitrogen and oxygen atoms in total. The van der Waals surface area contributed by atoms with Crippen molar-refractivity contribution in [3.8, 4) is 0 Å². The van der Waals surface area contributed by atoms with Gasteiger partial charge in [-0.05, 0) is 42.7 Å². The number of amides is 1. The van der Waals surface area contributed by atoms with Gasteiger partial charge >= 0.3 is 0 Å². The van der Waals surface area contributed by atoms with Crippen molar-refractivity contribution in [3.63, 3.8) is 0 Å². The second-order valence-corrected chi connectivity index (χ2v) is 8.54. The van der Waals surface area contributed by atoms with Gasteiger partial charge in [-0.25, -0.2) is 4.98 Å². The van der Waals surface area contributed by atoms with Gasteiger partial charge in [-0.3, -0.25) is 9.78 Å². The van der Waals surface area contributed by atoms with Crippen LogP contribution >= 0.6 is 11.8 Å². The number of rotatable bonds is 8. The third kappa shape index (κ3) is 5.14. The number of nitrogens with zero attached hydrogens (tertiary/aromatic N) is 3. The molecule has 1 N–H and O–H groups in total. The molecular weight excluding hydrogens is 404 g/mol. The number of thioether (sulfide) groups is 1. The molecule has 2 heterocycles. The minimum absolute atomic E-state index is 0.0303. The highest BCUT2D eigenvalue weighted by molar-refractivity contribution is 7.98. The number of carbonyl (C=O) groups excluding carboxylic acids is 1. The van der Waals surface area contributed by atoms with Crippen LogP contribution in [0.25, 0.3) is 11.0 Å². The summed E-state index contributed by atoms with van der Waals surface area (Å²) >= 11 is 1.72. The number of hydrogen-bond acceptors (Lipinski definition) is 4. The first-order valence-corrected chi connectivity index (χ1v) is 11.5. The summed E-state index contributed by atoms with van der Waals surface area (Å²) in [7, 11) is 0. The van der Waals surface area contributed by atoms with Crippen LogP contribution in [0.1, 0.15) is 41.8 Å². The van der Waals surface area contributed by atoms with Gasteiger partial charge in [-0.2, -0.15) is 0 Å². The lowest BCUT2D eigenvalue weighted by Gasteiger charge is -2.12. The first kappa shape index (κ1) is 21.1. The van der Waals surface area contributed by atoms with Crippen molar-refractivity contribution >= 4 is 28.7 Å². The minimum atomic E-state index is -0.0303. The van der Waals surface area contributed by atoms with E-state index in [-0.39, 0.29) is 11.9 Å². The number of aromatic nitrogens is 3. The molecule has 1 atom stereocenters. The van der Waals surface area contributed by atoms with Gasteiger partial charge in [-0.1, -0.05) is 61.2 Å². The van der Waals surface area contributed by atoms with E-state index in [2.05, 4.69) is 46.1 Å². The van der Waals surface area contributed by atoms with Crippen LogP contribution in [0.3, 0.4) is 0 Å². The van der Waals surface area contributed by atoms with Crippen molar-refractivity contribution in [2.45, 2.75) is 43.8 Å². The van der Waals surface area contributed by atoms with E-state index >= 15 is 0 Å². The maximum atomic E-state index is 12.4. The van der Waals surface area contributed by atoms with Gasteiger partial charge in [0, 0.05) is 23.6 Å². The maximum absolute atomic E-state index is 12.4. The lowest BCUT2D eigenvalue weighted by atomic mass is 10.1. The van der Waals surface area contributed by atoms with E-state index in [9.17, 15) is 4.79 Å². The third-order valence-corrected chi connectivity index (χ3v) is 6.32. The van der Waals surface area contributed by atoms with E-state index in [1.165, 1.54) is 5.56 Å². The molecule has 31 heavy (non-hydrogen) atoms. The molecule has 0 saturated heterocycles. The zero-order valence-electron chi connectivity index (χ0n) is 17.8. The molecule has 158 valence electrons. The van der Waals surface area contributed by atoms with Crippen molar-refractivity contribution < 1.29 is 4.79 Å². The SMILES string of the molecule is CCC(C)NC(=O)c1ccc(Cn2c(SCc3ccccc3)nc3ccncc32)cc1. The minimum Gasteiger partial charge on any atom is -0.350 e. The van der Waals surface area contributed by atoms with E-state index in [1.54, 1.807) is 18.0 Å². The maximum Gasteiger partial charge on any atom is 0.251 e. The van der Waals surface area contributed by atoms with E-state index < -0.39 is 0 Å². The van der Waals surface area contributed by atoms with Gasteiger partial charge in [0.05, 0.1) is 23.8 Å². The summed E-state index contributed by atoms with van der Waals surface area (Å²) in [5, 5.41) is 3.97. The van der Waals surface area contributed by atoms with Crippen molar-refractivity contribution in [1.82, 2.24) is 19.9 Å². The molecule has 0 aliphatic rings. The molecule has 0 bridgehead atoms. The highest BCUT2D eigenvalue weighted by Crippen LogP contribution is 2.27. The fraction of sp³-hybridized carbons (Fsp3) is 0.240. The zero-order chi connectivity index (χ0) is 21.6. The average molecular weight is 431 g/mol. The van der Waals surface area contributed by atoms with Crippen molar-refractivity contribution in [1.29, 1.82) is 0 Å². The van der Waals surface area contributed by atoms with Crippen LogP contribution < -0.4 is 5.32 Å². The van der Waals surface area contributed by atoms with E-state index in [0.717, 1.165) is 33.9 Å². The number of fused-ring (bicyclic) bond motifs is 1. The smallest absolute Gasteiger partial charge is 0.251 e. The van der Waals surface area contributed by atoms with Gasteiger partial charge in [0.25, 0.3) is 5.91 Å². The Morgan fingerprint density at radius 2 is 1.84 bits per heavy atom. The normalized spacial score (nSPS) is 12.1. The Labute approximate surface area is 186 Å². The van der Waals surface area contributed by atoms with Gasteiger partial charge in [-0.15, -0.1) is 0 Å². The number of hydrogen-bond donors (Lipinski definition) is 1. The summed E-state index contributed by atoms with van der Waals surface area (Å²) in [5.41, 5.74) is 5.01. The molecule has 0 aliphatic carbocycles. The molecule has 6 heteroatoms. The monoisotopic (exact) mass is 430 g/mol. The highest BCUT2D eigenvalue weighted by Gasteiger charge is 2.13. The topological polar surface area (TPSA) is 59.8 Å². The molecular formula is C25H26N4OS. The van der Waals surface area contributed by atoms with Crippen molar-refractivity contribution in [3.05, 3.63) is 89.7 Å². The summed E-state index contributed by atoms with van der Waals surface area (Å²) in [4.78, 5) is 21.5. The number of benzene rings is 2. The number of carbonyl (C=O) groups is 1. The van der Waals surface area contributed by atoms with Crippen LogP contribution in [0.2, 0.25) is 0 Å². The van der Waals surface area contributed by atoms with Gasteiger partial charge in [0.15, 0.2) is 5.16 Å². The Morgan fingerprint density at radius 1 is 1.06 bits per heavy atom. The Hall–Kier alpha value is -3.12. The highest BCUT2D eigenvalue weighted by atomic mass is 32.2. The lowest BCUT2D eigenvalue weighted by molar-refractivity contribution is 0.0939. The third-order valence-electron chi connectivity index (χ3n) is 5.27. The molecule has 0 aliphatic heterocycles. The molecule has 4 rings (SSSR count). The summed E-state index contributed by atoms with van der Waals surface area (Å²) in [6.07, 6.45) is 4.55. The van der Waals surface area contributed by atoms with E-state index in [0.29, 0.717) is 12.1 Å². The molecule has 1 amide bonds. The summed E-state index contributed by atoms with van der Waals surface area (Å²) < 4.78 is 2.20. The first-order chi connectivity index (χ1) is 15.1. The largest absolute Gasteiger partial charge is 0.350 e. The van der Waals surface area contributed by atoms with Crippen molar-refractivity contribution in [2.24, 2.45) is 0 Å². The molecule has 0 fully saturated rings. The number of nitrogens with one attached hydrogen (secondary N) is 1. The molecule has 0 spiro atoms. The predicted molar refractivity (Wildman–Crippen MR) is 126 cm³/mol. The van der Waals surface area contributed by atoms with E-state index in [4.69, 9.17) is 4.98 Å². The van der Waals surface area contributed by atoms with Crippen LogP contribution in [0.4, 0.5) is 0 Å². The number of pyridine rings is 1. The number of imidazole rings is 1.